The molecule has 94 valence electrons. The molecule has 0 spiro atoms. The molecule has 2 aromatic rings. The van der Waals surface area contributed by atoms with Crippen LogP contribution in [0.5, 0.6) is 0 Å². The molecule has 0 saturated heterocycles. The molecule has 1 aromatic carbocycles. The Kier molecular flexibility index (Phi) is 3.32. The first kappa shape index (κ1) is 12.6. The fourth-order valence-electron chi connectivity index (χ4n) is 1.86. The Morgan fingerprint density at radius 2 is 1.50 bits per heavy atom. The van der Waals surface area contributed by atoms with Gasteiger partial charge in [0.1, 0.15) is 11.5 Å². The van der Waals surface area contributed by atoms with Crippen LogP contribution in [0, 0.1) is 13.8 Å². The van der Waals surface area contributed by atoms with Crippen LogP contribution in [-0.2, 0) is 0 Å². The fourth-order valence-corrected chi connectivity index (χ4v) is 1.86. The van der Waals surface area contributed by atoms with Crippen LogP contribution in [0.15, 0.2) is 24.3 Å². The molecular formula is C15H19N3. The van der Waals surface area contributed by atoms with E-state index in [2.05, 4.69) is 48.1 Å². The molecule has 0 saturated carbocycles. The topological polar surface area (TPSA) is 51.8 Å². The van der Waals surface area contributed by atoms with Gasteiger partial charge in [-0.2, -0.15) is 0 Å². The maximum absolute atomic E-state index is 5.95. The van der Waals surface area contributed by atoms with E-state index in [9.17, 15) is 0 Å². The Labute approximate surface area is 108 Å². The van der Waals surface area contributed by atoms with Gasteiger partial charge in [0.25, 0.3) is 0 Å². The Morgan fingerprint density at radius 3 is 2.06 bits per heavy atom. The summed E-state index contributed by atoms with van der Waals surface area (Å²) in [6, 6.07) is 8.36. The van der Waals surface area contributed by atoms with Gasteiger partial charge in [0.05, 0.1) is 11.4 Å². The summed E-state index contributed by atoms with van der Waals surface area (Å²) in [6.45, 7) is 8.23. The maximum atomic E-state index is 5.95. The van der Waals surface area contributed by atoms with Gasteiger partial charge < -0.3 is 5.73 Å². The lowest BCUT2D eigenvalue weighted by atomic mass is 10.0. The average molecular weight is 241 g/mol. The molecule has 0 bridgehead atoms. The number of anilines is 1. The summed E-state index contributed by atoms with van der Waals surface area (Å²) in [7, 11) is 0. The Bertz CT molecular complexity index is 557. The molecule has 2 rings (SSSR count). The van der Waals surface area contributed by atoms with Gasteiger partial charge in [-0.15, -0.1) is 0 Å². The lowest BCUT2D eigenvalue weighted by Crippen LogP contribution is -2.02. The normalized spacial score (nSPS) is 10.9. The van der Waals surface area contributed by atoms with Crippen molar-refractivity contribution in [2.24, 2.45) is 0 Å². The Morgan fingerprint density at radius 1 is 0.944 bits per heavy atom. The Balaban J connectivity index is 2.46. The maximum Gasteiger partial charge on any atom is 0.150 e. The van der Waals surface area contributed by atoms with Crippen molar-refractivity contribution in [2.45, 2.75) is 33.6 Å². The number of rotatable bonds is 2. The number of hydrogen-bond donors (Lipinski definition) is 1. The van der Waals surface area contributed by atoms with E-state index in [1.807, 2.05) is 13.8 Å². The van der Waals surface area contributed by atoms with Crippen LogP contribution in [0.2, 0.25) is 0 Å². The van der Waals surface area contributed by atoms with Crippen LogP contribution in [0.4, 0.5) is 5.82 Å². The van der Waals surface area contributed by atoms with Crippen molar-refractivity contribution in [1.82, 2.24) is 9.97 Å². The average Bonchev–Trinajstić information content (AvgIpc) is 2.34. The summed E-state index contributed by atoms with van der Waals surface area (Å²) in [5, 5.41) is 0. The SMILES string of the molecule is Cc1nc(N)c(-c2ccc(C(C)C)cc2)nc1C. The third-order valence-electron chi connectivity index (χ3n) is 3.18. The predicted octanol–water partition coefficient (Wildman–Crippen LogP) is 3.47. The van der Waals surface area contributed by atoms with Gasteiger partial charge in [-0.05, 0) is 25.3 Å². The van der Waals surface area contributed by atoms with Crippen LogP contribution in [0.1, 0.15) is 36.7 Å². The molecule has 0 aliphatic heterocycles. The van der Waals surface area contributed by atoms with E-state index in [0.717, 1.165) is 22.6 Å². The largest absolute Gasteiger partial charge is 0.382 e. The van der Waals surface area contributed by atoms with Gasteiger partial charge in [0, 0.05) is 5.56 Å². The van der Waals surface area contributed by atoms with Gasteiger partial charge in [0.2, 0.25) is 0 Å². The highest BCUT2D eigenvalue weighted by molar-refractivity contribution is 5.70. The van der Waals surface area contributed by atoms with E-state index < -0.39 is 0 Å². The molecule has 3 nitrogen and oxygen atoms in total. The number of hydrogen-bond acceptors (Lipinski definition) is 3. The monoisotopic (exact) mass is 241 g/mol. The van der Waals surface area contributed by atoms with E-state index in [1.54, 1.807) is 0 Å². The minimum absolute atomic E-state index is 0.496. The van der Waals surface area contributed by atoms with Crippen LogP contribution in [0.25, 0.3) is 11.3 Å². The van der Waals surface area contributed by atoms with Gasteiger partial charge >= 0.3 is 0 Å². The first-order chi connectivity index (χ1) is 8.49. The fraction of sp³-hybridized carbons (Fsp3) is 0.333. The van der Waals surface area contributed by atoms with Crippen LogP contribution in [0.3, 0.4) is 0 Å². The number of aromatic nitrogens is 2. The lowest BCUT2D eigenvalue weighted by Gasteiger charge is -2.09. The third kappa shape index (κ3) is 2.35. The zero-order valence-corrected chi connectivity index (χ0v) is 11.4. The molecule has 18 heavy (non-hydrogen) atoms. The first-order valence-corrected chi connectivity index (χ1v) is 6.20. The van der Waals surface area contributed by atoms with Crippen LogP contribution in [-0.4, -0.2) is 9.97 Å². The van der Waals surface area contributed by atoms with Gasteiger partial charge in [-0.1, -0.05) is 38.1 Å². The molecule has 2 N–H and O–H groups in total. The van der Waals surface area contributed by atoms with Crippen molar-refractivity contribution in [3.63, 3.8) is 0 Å². The molecule has 1 aromatic heterocycles. The second-order valence-electron chi connectivity index (χ2n) is 4.90. The van der Waals surface area contributed by atoms with Gasteiger partial charge in [0.15, 0.2) is 0 Å². The van der Waals surface area contributed by atoms with E-state index in [4.69, 9.17) is 5.73 Å². The second kappa shape index (κ2) is 4.77. The van der Waals surface area contributed by atoms with Crippen molar-refractivity contribution < 1.29 is 0 Å². The number of nitrogens with two attached hydrogens (primary N) is 1. The highest BCUT2D eigenvalue weighted by Crippen LogP contribution is 2.25. The zero-order valence-electron chi connectivity index (χ0n) is 11.4. The Hall–Kier alpha value is -1.90. The van der Waals surface area contributed by atoms with Crippen LogP contribution >= 0.6 is 0 Å². The van der Waals surface area contributed by atoms with E-state index in [0.29, 0.717) is 11.7 Å². The smallest absolute Gasteiger partial charge is 0.150 e. The molecule has 0 aliphatic rings. The predicted molar refractivity (Wildman–Crippen MR) is 75.4 cm³/mol. The number of nitrogens with zero attached hydrogens (tertiary/aromatic N) is 2. The van der Waals surface area contributed by atoms with Crippen molar-refractivity contribution in [1.29, 1.82) is 0 Å². The van der Waals surface area contributed by atoms with Gasteiger partial charge in [-0.25, -0.2) is 9.97 Å². The molecule has 0 amide bonds. The molecule has 3 heteroatoms. The highest BCUT2D eigenvalue weighted by atomic mass is 14.9. The van der Waals surface area contributed by atoms with E-state index >= 15 is 0 Å². The van der Waals surface area contributed by atoms with E-state index in [-0.39, 0.29) is 0 Å². The number of benzene rings is 1. The van der Waals surface area contributed by atoms with Crippen molar-refractivity contribution in [3.8, 4) is 11.3 Å². The van der Waals surface area contributed by atoms with Gasteiger partial charge in [-0.3, -0.25) is 0 Å². The molecule has 0 fully saturated rings. The first-order valence-electron chi connectivity index (χ1n) is 6.20. The number of aryl methyl sites for hydroxylation is 2. The molecule has 1 heterocycles. The van der Waals surface area contributed by atoms with Crippen molar-refractivity contribution in [2.75, 3.05) is 5.73 Å². The minimum atomic E-state index is 0.496. The van der Waals surface area contributed by atoms with E-state index in [1.165, 1.54) is 5.56 Å². The molecule has 0 aliphatic carbocycles. The van der Waals surface area contributed by atoms with Crippen molar-refractivity contribution >= 4 is 5.82 Å². The molecule has 0 unspecified atom stereocenters. The number of nitrogen functional groups attached to an aromatic ring is 1. The molecule has 0 radical (unpaired) electrons. The molecule has 0 atom stereocenters. The summed E-state index contributed by atoms with van der Waals surface area (Å²) >= 11 is 0. The zero-order chi connectivity index (χ0) is 13.3. The summed E-state index contributed by atoms with van der Waals surface area (Å²) in [4.78, 5) is 8.85. The minimum Gasteiger partial charge on any atom is -0.382 e. The highest BCUT2D eigenvalue weighted by Gasteiger charge is 2.09. The summed E-state index contributed by atoms with van der Waals surface area (Å²) in [5.41, 5.74) is 10.9. The third-order valence-corrected chi connectivity index (χ3v) is 3.18. The summed E-state index contributed by atoms with van der Waals surface area (Å²) < 4.78 is 0. The summed E-state index contributed by atoms with van der Waals surface area (Å²) in [5.74, 6) is 1.03. The van der Waals surface area contributed by atoms with Crippen molar-refractivity contribution in [3.05, 3.63) is 41.2 Å². The quantitative estimate of drug-likeness (QED) is 0.876. The standard InChI is InChI=1S/C15H19N3/c1-9(2)12-5-7-13(8-6-12)14-15(16)18-11(4)10(3)17-14/h5-9H,1-4H3,(H2,16,18). The summed E-state index contributed by atoms with van der Waals surface area (Å²) in [6.07, 6.45) is 0. The lowest BCUT2D eigenvalue weighted by molar-refractivity contribution is 0.867. The van der Waals surface area contributed by atoms with Crippen LogP contribution < -0.4 is 5.73 Å². The molecular weight excluding hydrogens is 222 g/mol. The second-order valence-corrected chi connectivity index (χ2v) is 4.90.